The predicted octanol–water partition coefficient (Wildman–Crippen LogP) is 0.752. The first-order valence-electron chi connectivity index (χ1n) is 5.31. The summed E-state index contributed by atoms with van der Waals surface area (Å²) in [5.74, 6) is -0.246. The average Bonchev–Trinajstić information content (AvgIpc) is 2.38. The van der Waals surface area contributed by atoms with E-state index in [1.807, 2.05) is 37.3 Å². The zero-order valence-corrected chi connectivity index (χ0v) is 9.07. The maximum Gasteiger partial charge on any atom is 0.247 e. The maximum absolute atomic E-state index is 11.8. The molecule has 1 heterocycles. The van der Waals surface area contributed by atoms with Gasteiger partial charge in [-0.25, -0.2) is 0 Å². The molecule has 4 heteroatoms. The number of carbonyl (C=O) groups excluding carboxylic acids is 2. The van der Waals surface area contributed by atoms with Crippen molar-refractivity contribution in [3.8, 4) is 0 Å². The fourth-order valence-electron chi connectivity index (χ4n) is 1.82. The van der Waals surface area contributed by atoms with Crippen LogP contribution in [0.1, 0.15) is 24.9 Å². The molecular formula is C12H14N2O2. The highest BCUT2D eigenvalue weighted by Crippen LogP contribution is 2.15. The first kappa shape index (κ1) is 10.7. The molecule has 0 aliphatic carbocycles. The Kier molecular flexibility index (Phi) is 2.90. The number of hydrogen-bond acceptors (Lipinski definition) is 2. The van der Waals surface area contributed by atoms with E-state index in [1.165, 1.54) is 0 Å². The monoisotopic (exact) mass is 218 g/mol. The molecule has 0 aromatic heterocycles. The zero-order chi connectivity index (χ0) is 11.5. The van der Waals surface area contributed by atoms with Crippen molar-refractivity contribution in [1.29, 1.82) is 0 Å². The molecule has 84 valence electrons. The lowest BCUT2D eigenvalue weighted by atomic mass is 10.1. The first-order valence-corrected chi connectivity index (χ1v) is 5.31. The number of rotatable bonds is 1. The van der Waals surface area contributed by atoms with Gasteiger partial charge in [0.05, 0.1) is 0 Å². The van der Waals surface area contributed by atoms with Gasteiger partial charge in [0, 0.05) is 12.5 Å². The van der Waals surface area contributed by atoms with Crippen molar-refractivity contribution in [2.24, 2.45) is 0 Å². The van der Waals surface area contributed by atoms with Crippen LogP contribution in [-0.4, -0.2) is 17.9 Å². The molecule has 2 unspecified atom stereocenters. The minimum Gasteiger partial charge on any atom is -0.351 e. The summed E-state index contributed by atoms with van der Waals surface area (Å²) in [6.07, 6.45) is 0.328. The van der Waals surface area contributed by atoms with E-state index in [1.54, 1.807) is 0 Å². The molecule has 1 aliphatic rings. The number of benzene rings is 1. The largest absolute Gasteiger partial charge is 0.351 e. The van der Waals surface area contributed by atoms with Gasteiger partial charge in [0.15, 0.2) is 0 Å². The van der Waals surface area contributed by atoms with E-state index in [0.717, 1.165) is 5.56 Å². The smallest absolute Gasteiger partial charge is 0.247 e. The van der Waals surface area contributed by atoms with Crippen molar-refractivity contribution in [3.63, 3.8) is 0 Å². The topological polar surface area (TPSA) is 58.2 Å². The van der Waals surface area contributed by atoms with E-state index in [-0.39, 0.29) is 17.9 Å². The van der Waals surface area contributed by atoms with Crippen molar-refractivity contribution in [2.75, 3.05) is 0 Å². The maximum atomic E-state index is 11.8. The van der Waals surface area contributed by atoms with Crippen LogP contribution >= 0.6 is 0 Å². The Morgan fingerprint density at radius 1 is 1.12 bits per heavy atom. The molecule has 0 bridgehead atoms. The molecule has 16 heavy (non-hydrogen) atoms. The summed E-state index contributed by atoms with van der Waals surface area (Å²) in [4.78, 5) is 23.4. The SMILES string of the molecule is CC1CC(=O)NC(c2ccccc2)C(=O)N1. The van der Waals surface area contributed by atoms with Gasteiger partial charge < -0.3 is 10.6 Å². The molecule has 1 aromatic carbocycles. The standard InChI is InChI=1S/C12H14N2O2/c1-8-7-10(15)14-11(12(16)13-8)9-5-3-2-4-6-9/h2-6,8,11H,7H2,1H3,(H,13,16)(H,14,15). The Morgan fingerprint density at radius 3 is 2.50 bits per heavy atom. The summed E-state index contributed by atoms with van der Waals surface area (Å²) in [7, 11) is 0. The van der Waals surface area contributed by atoms with Gasteiger partial charge in [-0.15, -0.1) is 0 Å². The summed E-state index contributed by atoms with van der Waals surface area (Å²) < 4.78 is 0. The second-order valence-corrected chi connectivity index (χ2v) is 4.02. The van der Waals surface area contributed by atoms with Crippen LogP contribution in [0.4, 0.5) is 0 Å². The highest BCUT2D eigenvalue weighted by Gasteiger charge is 2.28. The third-order valence-electron chi connectivity index (χ3n) is 2.58. The van der Waals surface area contributed by atoms with E-state index in [9.17, 15) is 9.59 Å². The third kappa shape index (κ3) is 2.21. The van der Waals surface area contributed by atoms with Crippen LogP contribution in [0.3, 0.4) is 0 Å². The van der Waals surface area contributed by atoms with Crippen LogP contribution in [0, 0.1) is 0 Å². The van der Waals surface area contributed by atoms with Crippen molar-refractivity contribution in [3.05, 3.63) is 35.9 Å². The molecule has 0 saturated carbocycles. The fraction of sp³-hybridized carbons (Fsp3) is 0.333. The van der Waals surface area contributed by atoms with Gasteiger partial charge in [-0.1, -0.05) is 30.3 Å². The van der Waals surface area contributed by atoms with E-state index >= 15 is 0 Å². The Morgan fingerprint density at radius 2 is 1.81 bits per heavy atom. The van der Waals surface area contributed by atoms with E-state index in [2.05, 4.69) is 10.6 Å². The molecular weight excluding hydrogens is 204 g/mol. The van der Waals surface area contributed by atoms with Gasteiger partial charge in [0.2, 0.25) is 11.8 Å². The van der Waals surface area contributed by atoms with E-state index in [4.69, 9.17) is 0 Å². The second-order valence-electron chi connectivity index (χ2n) is 4.02. The molecule has 2 atom stereocenters. The van der Waals surface area contributed by atoms with Crippen molar-refractivity contribution >= 4 is 11.8 Å². The van der Waals surface area contributed by atoms with Crippen LogP contribution in [0.2, 0.25) is 0 Å². The molecule has 4 nitrogen and oxygen atoms in total. The number of hydrogen-bond donors (Lipinski definition) is 2. The summed E-state index contributed by atoms with van der Waals surface area (Å²) in [5, 5.41) is 5.52. The molecule has 1 aliphatic heterocycles. The highest BCUT2D eigenvalue weighted by atomic mass is 16.2. The molecule has 2 amide bonds. The van der Waals surface area contributed by atoms with Crippen LogP contribution in [0.5, 0.6) is 0 Å². The van der Waals surface area contributed by atoms with Gasteiger partial charge in [-0.3, -0.25) is 9.59 Å². The van der Waals surface area contributed by atoms with Crippen LogP contribution in [0.25, 0.3) is 0 Å². The quantitative estimate of drug-likeness (QED) is 0.731. The average molecular weight is 218 g/mol. The Balaban J connectivity index is 2.26. The Bertz CT molecular complexity index is 403. The number of amides is 2. The first-order chi connectivity index (χ1) is 7.66. The van der Waals surface area contributed by atoms with E-state index in [0.29, 0.717) is 6.42 Å². The van der Waals surface area contributed by atoms with Gasteiger partial charge in [-0.2, -0.15) is 0 Å². The van der Waals surface area contributed by atoms with Gasteiger partial charge in [0.25, 0.3) is 0 Å². The van der Waals surface area contributed by atoms with Crippen LogP contribution < -0.4 is 10.6 Å². The molecule has 2 rings (SSSR count). The van der Waals surface area contributed by atoms with Gasteiger partial charge in [-0.05, 0) is 12.5 Å². The van der Waals surface area contributed by atoms with Crippen molar-refractivity contribution in [1.82, 2.24) is 10.6 Å². The molecule has 1 saturated heterocycles. The van der Waals surface area contributed by atoms with Crippen LogP contribution in [0.15, 0.2) is 30.3 Å². The lowest BCUT2D eigenvalue weighted by Crippen LogP contribution is -2.37. The van der Waals surface area contributed by atoms with Crippen molar-refractivity contribution in [2.45, 2.75) is 25.4 Å². The minimum absolute atomic E-state index is 0.0975. The number of nitrogens with one attached hydrogen (secondary N) is 2. The predicted molar refractivity (Wildman–Crippen MR) is 59.5 cm³/mol. The second kappa shape index (κ2) is 4.35. The summed E-state index contributed by atoms with van der Waals surface area (Å²) in [5.41, 5.74) is 0.808. The third-order valence-corrected chi connectivity index (χ3v) is 2.58. The zero-order valence-electron chi connectivity index (χ0n) is 9.07. The Hall–Kier alpha value is -1.84. The lowest BCUT2D eigenvalue weighted by molar-refractivity contribution is -0.126. The summed E-state index contributed by atoms with van der Waals surface area (Å²) in [6.45, 7) is 1.82. The fourth-order valence-corrected chi connectivity index (χ4v) is 1.82. The highest BCUT2D eigenvalue weighted by molar-refractivity contribution is 5.91. The van der Waals surface area contributed by atoms with Gasteiger partial charge >= 0.3 is 0 Å². The molecule has 1 fully saturated rings. The number of carbonyl (C=O) groups is 2. The van der Waals surface area contributed by atoms with Crippen molar-refractivity contribution < 1.29 is 9.59 Å². The molecule has 1 aromatic rings. The van der Waals surface area contributed by atoms with Gasteiger partial charge in [0.1, 0.15) is 6.04 Å². The normalized spacial score (nSPS) is 25.6. The van der Waals surface area contributed by atoms with E-state index < -0.39 is 6.04 Å². The minimum atomic E-state index is -0.571. The summed E-state index contributed by atoms with van der Waals surface area (Å²) in [6, 6.07) is 8.57. The van der Waals surface area contributed by atoms with Crippen LogP contribution in [-0.2, 0) is 9.59 Å². The summed E-state index contributed by atoms with van der Waals surface area (Å²) >= 11 is 0. The Labute approximate surface area is 94.0 Å². The molecule has 2 N–H and O–H groups in total. The molecule has 0 radical (unpaired) electrons. The lowest BCUT2D eigenvalue weighted by Gasteiger charge is -2.15. The molecule has 0 spiro atoms.